The second-order valence-corrected chi connectivity index (χ2v) is 7.93. The minimum absolute atomic E-state index is 0.195. The summed E-state index contributed by atoms with van der Waals surface area (Å²) in [6, 6.07) is 15.1. The van der Waals surface area contributed by atoms with E-state index in [1.54, 1.807) is 44.8 Å². The van der Waals surface area contributed by atoms with Crippen molar-refractivity contribution in [1.82, 2.24) is 4.57 Å². The van der Waals surface area contributed by atoms with Crippen LogP contribution in [0.25, 0.3) is 11.1 Å². The summed E-state index contributed by atoms with van der Waals surface area (Å²) >= 11 is 6.02. The van der Waals surface area contributed by atoms with Gasteiger partial charge in [0.2, 0.25) is 5.91 Å². The normalized spacial score (nSPS) is 11.5. The van der Waals surface area contributed by atoms with Crippen molar-refractivity contribution < 1.29 is 23.8 Å². The first kappa shape index (κ1) is 24.2. The Kier molecular flexibility index (Phi) is 8.01. The van der Waals surface area contributed by atoms with Crippen molar-refractivity contribution in [2.75, 3.05) is 26.1 Å². The Balaban J connectivity index is 2.22. The summed E-state index contributed by atoms with van der Waals surface area (Å²) in [5.41, 5.74) is 2.90. The summed E-state index contributed by atoms with van der Waals surface area (Å²) in [7, 11) is 3.10. The first-order chi connectivity index (χ1) is 15.9. The number of halogens is 1. The van der Waals surface area contributed by atoms with Gasteiger partial charge in [-0.05, 0) is 37.1 Å². The van der Waals surface area contributed by atoms with E-state index in [0.717, 1.165) is 11.1 Å². The molecule has 0 spiro atoms. The summed E-state index contributed by atoms with van der Waals surface area (Å²) in [4.78, 5) is 25.6. The summed E-state index contributed by atoms with van der Waals surface area (Å²) in [6.07, 6.45) is 1.81. The SMILES string of the molecule is CCOC(=O)c1c(NC(=O)C(C)Cl)c(-c2ccc(OC)c(OC)c2)cn1Cc1ccccc1. The van der Waals surface area contributed by atoms with Gasteiger partial charge in [0.05, 0.1) is 26.5 Å². The number of ether oxygens (including phenoxy) is 3. The molecule has 0 radical (unpaired) electrons. The van der Waals surface area contributed by atoms with Crippen LogP contribution in [-0.2, 0) is 16.1 Å². The monoisotopic (exact) mass is 470 g/mol. The van der Waals surface area contributed by atoms with Crippen LogP contribution in [0.4, 0.5) is 5.69 Å². The van der Waals surface area contributed by atoms with E-state index >= 15 is 0 Å². The number of carbonyl (C=O) groups excluding carboxylic acids is 2. The van der Waals surface area contributed by atoms with Crippen LogP contribution < -0.4 is 14.8 Å². The average Bonchev–Trinajstić information content (AvgIpc) is 3.16. The lowest BCUT2D eigenvalue weighted by atomic mass is 10.1. The largest absolute Gasteiger partial charge is 0.493 e. The number of rotatable bonds is 9. The molecule has 8 heteroatoms. The number of hydrogen-bond donors (Lipinski definition) is 1. The van der Waals surface area contributed by atoms with Crippen LogP contribution in [0.5, 0.6) is 11.5 Å². The Bertz CT molecular complexity index is 1130. The zero-order chi connectivity index (χ0) is 24.0. The Morgan fingerprint density at radius 1 is 1.06 bits per heavy atom. The molecule has 1 heterocycles. The van der Waals surface area contributed by atoms with E-state index in [1.807, 2.05) is 42.6 Å². The van der Waals surface area contributed by atoms with Crippen LogP contribution in [0, 0.1) is 0 Å². The molecule has 2 aromatic carbocycles. The average molecular weight is 471 g/mol. The Hall–Kier alpha value is -3.45. The molecule has 1 atom stereocenters. The molecule has 33 heavy (non-hydrogen) atoms. The highest BCUT2D eigenvalue weighted by molar-refractivity contribution is 6.32. The Morgan fingerprint density at radius 3 is 2.36 bits per heavy atom. The van der Waals surface area contributed by atoms with Crippen LogP contribution in [0.15, 0.2) is 54.7 Å². The molecule has 1 N–H and O–H groups in total. The van der Waals surface area contributed by atoms with Gasteiger partial charge in [-0.3, -0.25) is 4.79 Å². The van der Waals surface area contributed by atoms with Gasteiger partial charge in [-0.1, -0.05) is 36.4 Å². The molecule has 1 aromatic heterocycles. The maximum absolute atomic E-state index is 13.0. The van der Waals surface area contributed by atoms with Gasteiger partial charge in [-0.2, -0.15) is 0 Å². The first-order valence-electron chi connectivity index (χ1n) is 10.5. The van der Waals surface area contributed by atoms with Crippen LogP contribution >= 0.6 is 11.6 Å². The van der Waals surface area contributed by atoms with Crippen LogP contribution in [0.1, 0.15) is 29.9 Å². The molecule has 1 unspecified atom stereocenters. The highest BCUT2D eigenvalue weighted by atomic mass is 35.5. The number of aromatic nitrogens is 1. The summed E-state index contributed by atoms with van der Waals surface area (Å²) < 4.78 is 17.9. The van der Waals surface area contributed by atoms with Gasteiger partial charge in [0.25, 0.3) is 0 Å². The van der Waals surface area contributed by atoms with Crippen molar-refractivity contribution in [3.63, 3.8) is 0 Å². The van der Waals surface area contributed by atoms with Gasteiger partial charge >= 0.3 is 5.97 Å². The highest BCUT2D eigenvalue weighted by Crippen LogP contribution is 2.38. The molecule has 7 nitrogen and oxygen atoms in total. The van der Waals surface area contributed by atoms with E-state index in [2.05, 4.69) is 5.32 Å². The molecule has 0 bridgehead atoms. The lowest BCUT2D eigenvalue weighted by Gasteiger charge is -2.13. The number of benzene rings is 2. The number of methoxy groups -OCH3 is 2. The molecule has 0 saturated heterocycles. The highest BCUT2D eigenvalue weighted by Gasteiger charge is 2.27. The number of anilines is 1. The van der Waals surface area contributed by atoms with Crippen molar-refractivity contribution in [2.24, 2.45) is 0 Å². The number of esters is 1. The molecular weight excluding hydrogens is 444 g/mol. The fourth-order valence-corrected chi connectivity index (χ4v) is 3.51. The maximum Gasteiger partial charge on any atom is 0.357 e. The predicted octanol–water partition coefficient (Wildman–Crippen LogP) is 4.96. The van der Waals surface area contributed by atoms with E-state index in [9.17, 15) is 9.59 Å². The molecule has 1 amide bonds. The van der Waals surface area contributed by atoms with Gasteiger partial charge in [0, 0.05) is 18.3 Å². The second-order valence-electron chi connectivity index (χ2n) is 7.28. The summed E-state index contributed by atoms with van der Waals surface area (Å²) in [5, 5.41) is 2.03. The van der Waals surface area contributed by atoms with Gasteiger partial charge in [0.1, 0.15) is 5.38 Å². The smallest absolute Gasteiger partial charge is 0.357 e. The van der Waals surface area contributed by atoms with E-state index in [1.165, 1.54) is 0 Å². The van der Waals surface area contributed by atoms with Crippen molar-refractivity contribution >= 4 is 29.2 Å². The Morgan fingerprint density at radius 2 is 1.76 bits per heavy atom. The number of hydrogen-bond acceptors (Lipinski definition) is 5. The third-order valence-electron chi connectivity index (χ3n) is 5.05. The quantitative estimate of drug-likeness (QED) is 0.353. The van der Waals surface area contributed by atoms with E-state index < -0.39 is 17.3 Å². The topological polar surface area (TPSA) is 78.8 Å². The minimum atomic E-state index is -0.796. The number of nitrogens with one attached hydrogen (secondary N) is 1. The predicted molar refractivity (Wildman–Crippen MR) is 128 cm³/mol. The molecule has 0 aliphatic heterocycles. The van der Waals surface area contributed by atoms with Crippen LogP contribution in [0.2, 0.25) is 0 Å². The Labute approximate surface area is 198 Å². The van der Waals surface area contributed by atoms with Crippen LogP contribution in [-0.4, -0.2) is 42.6 Å². The lowest BCUT2D eigenvalue weighted by molar-refractivity contribution is -0.115. The molecule has 0 fully saturated rings. The summed E-state index contributed by atoms with van der Waals surface area (Å²) in [6.45, 7) is 3.90. The fourth-order valence-electron chi connectivity index (χ4n) is 3.45. The van der Waals surface area contributed by atoms with E-state index in [0.29, 0.717) is 29.3 Å². The molecular formula is C25H27ClN2O5. The third kappa shape index (κ3) is 5.49. The standard InChI is InChI=1S/C25H27ClN2O5/c1-5-33-25(30)23-22(27-24(29)16(2)26)19(15-28(23)14-17-9-7-6-8-10-17)18-11-12-20(31-3)21(13-18)32-4/h6-13,15-16H,5,14H2,1-4H3,(H,27,29). The molecule has 174 valence electrons. The maximum atomic E-state index is 13.0. The number of alkyl halides is 1. The van der Waals surface area contributed by atoms with Gasteiger partial charge < -0.3 is 24.1 Å². The first-order valence-corrected chi connectivity index (χ1v) is 10.9. The molecule has 0 aliphatic rings. The minimum Gasteiger partial charge on any atom is -0.493 e. The summed E-state index contributed by atoms with van der Waals surface area (Å²) in [5.74, 6) is 0.112. The third-order valence-corrected chi connectivity index (χ3v) is 5.25. The van der Waals surface area contributed by atoms with Crippen LogP contribution in [0.3, 0.4) is 0 Å². The van der Waals surface area contributed by atoms with Gasteiger partial charge in [-0.15, -0.1) is 11.6 Å². The van der Waals surface area contributed by atoms with E-state index in [-0.39, 0.29) is 12.3 Å². The fraction of sp³-hybridized carbons (Fsp3) is 0.280. The lowest BCUT2D eigenvalue weighted by Crippen LogP contribution is -2.23. The molecule has 0 saturated carbocycles. The second kappa shape index (κ2) is 10.9. The van der Waals surface area contributed by atoms with Crippen molar-refractivity contribution in [1.29, 1.82) is 0 Å². The molecule has 3 rings (SSSR count). The van der Waals surface area contributed by atoms with Gasteiger partial charge in [0.15, 0.2) is 17.2 Å². The zero-order valence-corrected chi connectivity index (χ0v) is 19.8. The molecule has 3 aromatic rings. The van der Waals surface area contributed by atoms with Crippen molar-refractivity contribution in [2.45, 2.75) is 25.8 Å². The number of amides is 1. The number of nitrogens with zero attached hydrogens (tertiary/aromatic N) is 1. The van der Waals surface area contributed by atoms with Crippen molar-refractivity contribution in [3.05, 3.63) is 66.0 Å². The zero-order valence-electron chi connectivity index (χ0n) is 19.1. The number of carbonyl (C=O) groups is 2. The van der Waals surface area contributed by atoms with Gasteiger partial charge in [-0.25, -0.2) is 4.79 Å². The van der Waals surface area contributed by atoms with Crippen molar-refractivity contribution in [3.8, 4) is 22.6 Å². The molecule has 0 aliphatic carbocycles. The van der Waals surface area contributed by atoms with E-state index in [4.69, 9.17) is 25.8 Å².